The first-order chi connectivity index (χ1) is 14.6. The van der Waals surface area contributed by atoms with Crippen molar-refractivity contribution in [1.82, 2.24) is 29.0 Å². The maximum atomic E-state index is 4.98. The summed E-state index contributed by atoms with van der Waals surface area (Å²) in [7, 11) is 2.11. The van der Waals surface area contributed by atoms with Gasteiger partial charge in [-0.25, -0.2) is 14.5 Å². The van der Waals surface area contributed by atoms with E-state index in [1.807, 2.05) is 6.20 Å². The van der Waals surface area contributed by atoms with Crippen molar-refractivity contribution < 1.29 is 0 Å². The Morgan fingerprint density at radius 1 is 1.07 bits per heavy atom. The number of aryl methyl sites for hydroxylation is 2. The van der Waals surface area contributed by atoms with Crippen LogP contribution < -0.4 is 0 Å². The second kappa shape index (κ2) is 6.51. The summed E-state index contributed by atoms with van der Waals surface area (Å²) in [5.41, 5.74) is 8.31. The van der Waals surface area contributed by atoms with E-state index in [0.717, 1.165) is 35.7 Å². The molecule has 0 amide bonds. The van der Waals surface area contributed by atoms with Gasteiger partial charge in [-0.05, 0) is 32.8 Å². The van der Waals surface area contributed by atoms with Crippen LogP contribution in [0.2, 0.25) is 0 Å². The highest BCUT2D eigenvalue weighted by Crippen LogP contribution is 2.44. The van der Waals surface area contributed by atoms with Gasteiger partial charge in [-0.15, -0.1) is 0 Å². The Bertz CT molecular complexity index is 1270. The molecule has 1 aromatic carbocycles. The van der Waals surface area contributed by atoms with E-state index in [-0.39, 0.29) is 0 Å². The maximum absolute atomic E-state index is 4.98. The van der Waals surface area contributed by atoms with Crippen molar-refractivity contribution in [2.75, 3.05) is 0 Å². The summed E-state index contributed by atoms with van der Waals surface area (Å²) in [4.78, 5) is 11.9. The average molecular weight is 399 g/mol. The second-order valence-electron chi connectivity index (χ2n) is 8.81. The zero-order valence-corrected chi connectivity index (χ0v) is 17.7. The Morgan fingerprint density at radius 2 is 1.97 bits per heavy atom. The third-order valence-electron chi connectivity index (χ3n) is 7.02. The van der Waals surface area contributed by atoms with Crippen LogP contribution in [-0.2, 0) is 20.0 Å². The van der Waals surface area contributed by atoms with E-state index in [0.29, 0.717) is 12.1 Å². The molecule has 1 saturated heterocycles. The lowest BCUT2D eigenvalue weighted by Gasteiger charge is -2.36. The van der Waals surface area contributed by atoms with E-state index >= 15 is 0 Å². The monoisotopic (exact) mass is 398 g/mol. The smallest absolute Gasteiger partial charge is 0.155 e. The molecule has 0 radical (unpaired) electrons. The molecule has 0 N–H and O–H groups in total. The minimum Gasteiger partial charge on any atom is -0.334 e. The third-order valence-corrected chi connectivity index (χ3v) is 7.02. The van der Waals surface area contributed by atoms with Gasteiger partial charge in [0.05, 0.1) is 17.1 Å². The maximum Gasteiger partial charge on any atom is 0.155 e. The number of hydrogen-bond acceptors (Lipinski definition) is 4. The molecule has 6 rings (SSSR count). The number of benzene rings is 1. The Labute approximate surface area is 176 Å². The highest BCUT2D eigenvalue weighted by molar-refractivity contribution is 5.65. The lowest BCUT2D eigenvalue weighted by atomic mass is 9.99. The van der Waals surface area contributed by atoms with E-state index in [1.54, 1.807) is 0 Å². The van der Waals surface area contributed by atoms with Gasteiger partial charge in [0.1, 0.15) is 5.82 Å². The number of hydrogen-bond donors (Lipinski definition) is 0. The number of fused-ring (bicyclic) bond motifs is 6. The molecule has 3 aromatic heterocycles. The van der Waals surface area contributed by atoms with Crippen LogP contribution in [-0.4, -0.2) is 35.1 Å². The molecular weight excluding hydrogens is 372 g/mol. The van der Waals surface area contributed by atoms with E-state index < -0.39 is 0 Å². The minimum atomic E-state index is 0.414. The van der Waals surface area contributed by atoms with Crippen LogP contribution in [0.15, 0.2) is 42.7 Å². The van der Waals surface area contributed by atoms with Crippen LogP contribution in [0.5, 0.6) is 0 Å². The van der Waals surface area contributed by atoms with Crippen LogP contribution >= 0.6 is 0 Å². The van der Waals surface area contributed by atoms with Crippen molar-refractivity contribution in [2.24, 2.45) is 7.05 Å². The molecule has 152 valence electrons. The summed E-state index contributed by atoms with van der Waals surface area (Å²) in [6.45, 7) is 5.13. The largest absolute Gasteiger partial charge is 0.334 e. The Morgan fingerprint density at radius 3 is 2.77 bits per heavy atom. The first-order valence-corrected chi connectivity index (χ1v) is 10.8. The van der Waals surface area contributed by atoms with Gasteiger partial charge in [-0.1, -0.05) is 23.8 Å². The molecule has 4 aromatic rings. The van der Waals surface area contributed by atoms with Gasteiger partial charge in [0.2, 0.25) is 0 Å². The fourth-order valence-corrected chi connectivity index (χ4v) is 5.26. The molecule has 0 aliphatic carbocycles. The Hall–Kier alpha value is -2.99. The Kier molecular flexibility index (Phi) is 3.87. The fourth-order valence-electron chi connectivity index (χ4n) is 5.26. The average Bonchev–Trinajstić information content (AvgIpc) is 3.39. The van der Waals surface area contributed by atoms with Gasteiger partial charge in [0.15, 0.2) is 5.65 Å². The van der Waals surface area contributed by atoms with E-state index in [2.05, 4.69) is 76.4 Å². The fraction of sp³-hybridized carbons (Fsp3) is 0.375. The van der Waals surface area contributed by atoms with Gasteiger partial charge in [-0.3, -0.25) is 4.90 Å². The molecule has 0 saturated carbocycles. The van der Waals surface area contributed by atoms with Crippen LogP contribution in [0.25, 0.3) is 16.9 Å². The van der Waals surface area contributed by atoms with E-state index in [4.69, 9.17) is 10.1 Å². The molecule has 2 atom stereocenters. The van der Waals surface area contributed by atoms with Crippen molar-refractivity contribution in [3.63, 3.8) is 0 Å². The van der Waals surface area contributed by atoms with Crippen molar-refractivity contribution in [1.29, 1.82) is 0 Å². The van der Waals surface area contributed by atoms with Gasteiger partial charge in [-0.2, -0.15) is 5.10 Å². The van der Waals surface area contributed by atoms with Crippen molar-refractivity contribution in [3.8, 4) is 11.3 Å². The topological polar surface area (TPSA) is 51.2 Å². The molecule has 2 aliphatic heterocycles. The molecule has 0 spiro atoms. The van der Waals surface area contributed by atoms with Gasteiger partial charge < -0.3 is 4.57 Å². The SMILES string of the molecule is Cc1cccc(-c2cc3ncc4c(n3n2)C[C@@H]2CC[C@@H]4N2Cc2cnc(C)n2C)c1. The summed E-state index contributed by atoms with van der Waals surface area (Å²) in [6.07, 6.45) is 7.56. The number of imidazole rings is 1. The minimum absolute atomic E-state index is 0.414. The Balaban J connectivity index is 1.39. The van der Waals surface area contributed by atoms with Crippen molar-refractivity contribution >= 4 is 5.65 Å². The first-order valence-electron chi connectivity index (χ1n) is 10.8. The summed E-state index contributed by atoms with van der Waals surface area (Å²) in [5, 5.41) is 4.98. The lowest BCUT2D eigenvalue weighted by molar-refractivity contribution is 0.161. The summed E-state index contributed by atoms with van der Waals surface area (Å²) < 4.78 is 4.31. The van der Waals surface area contributed by atoms with Crippen LogP contribution in [0.4, 0.5) is 0 Å². The number of aromatic nitrogens is 5. The third kappa shape index (κ3) is 2.63. The highest BCUT2D eigenvalue weighted by Gasteiger charge is 2.41. The van der Waals surface area contributed by atoms with Gasteiger partial charge in [0, 0.05) is 61.7 Å². The molecule has 6 heteroatoms. The zero-order valence-electron chi connectivity index (χ0n) is 17.7. The molecular formula is C24H26N6. The predicted octanol–water partition coefficient (Wildman–Crippen LogP) is 4.01. The molecule has 0 unspecified atom stereocenters. The highest BCUT2D eigenvalue weighted by atomic mass is 15.3. The molecule has 2 aliphatic rings. The molecule has 6 nitrogen and oxygen atoms in total. The normalized spacial score (nSPS) is 20.8. The van der Waals surface area contributed by atoms with Gasteiger partial charge in [0.25, 0.3) is 0 Å². The van der Waals surface area contributed by atoms with Crippen molar-refractivity contribution in [2.45, 2.75) is 51.7 Å². The summed E-state index contributed by atoms with van der Waals surface area (Å²) in [5.74, 6) is 1.07. The summed E-state index contributed by atoms with van der Waals surface area (Å²) in [6, 6.07) is 11.6. The second-order valence-corrected chi connectivity index (χ2v) is 8.81. The molecule has 1 fully saturated rings. The number of nitrogens with zero attached hydrogens (tertiary/aromatic N) is 6. The first kappa shape index (κ1) is 17.8. The quantitative estimate of drug-likeness (QED) is 0.523. The van der Waals surface area contributed by atoms with E-state index in [9.17, 15) is 0 Å². The molecule has 30 heavy (non-hydrogen) atoms. The van der Waals surface area contributed by atoms with E-state index in [1.165, 1.54) is 35.4 Å². The summed E-state index contributed by atoms with van der Waals surface area (Å²) >= 11 is 0. The van der Waals surface area contributed by atoms with Crippen LogP contribution in [0.1, 0.15) is 47.2 Å². The van der Waals surface area contributed by atoms with Crippen molar-refractivity contribution in [3.05, 3.63) is 71.1 Å². The predicted molar refractivity (Wildman–Crippen MR) is 116 cm³/mol. The molecule has 5 heterocycles. The standard InChI is InChI=1S/C24H26N6/c1-15-5-4-6-17(9-15)21-11-24-26-13-20-22-8-7-18(10-23(20)30(24)27-21)29(22)14-19-12-25-16(2)28(19)3/h4-6,9,11-13,18,22H,7-8,10,14H2,1-3H3/t18-,22-/m0/s1. The number of rotatable bonds is 3. The zero-order chi connectivity index (χ0) is 20.4. The molecule has 2 bridgehead atoms. The van der Waals surface area contributed by atoms with Gasteiger partial charge >= 0.3 is 0 Å². The van der Waals surface area contributed by atoms with Crippen LogP contribution in [0, 0.1) is 13.8 Å². The van der Waals surface area contributed by atoms with Crippen LogP contribution in [0.3, 0.4) is 0 Å². The lowest BCUT2D eigenvalue weighted by Crippen LogP contribution is -2.38.